The van der Waals surface area contributed by atoms with Gasteiger partial charge in [-0.05, 0) is 98.2 Å². The van der Waals surface area contributed by atoms with Crippen molar-refractivity contribution in [3.63, 3.8) is 0 Å². The van der Waals surface area contributed by atoms with Gasteiger partial charge in [0.2, 0.25) is 11.8 Å². The molecule has 1 fully saturated rings. The molecule has 2 aliphatic rings. The second-order valence-electron chi connectivity index (χ2n) is 11.7. The zero-order valence-corrected chi connectivity index (χ0v) is 25.6. The second-order valence-corrected chi connectivity index (χ2v) is 12.2. The summed E-state index contributed by atoms with van der Waals surface area (Å²) in [5, 5.41) is 12.2. The summed E-state index contributed by atoms with van der Waals surface area (Å²) in [4.78, 5) is 29.3. The largest absolute Gasteiger partial charge is 0.493 e. The van der Waals surface area contributed by atoms with Crippen LogP contribution in [0, 0.1) is 5.92 Å². The minimum absolute atomic E-state index is 0.0265. The molecular formula is C34H39ClN2O5. The SMILES string of the molecule is COc1cc2c(cc1OC(C)C)[C@H](c1ccc(Cl)cc1)N(c1ccc([C@](C)(O)C3CCN(C(C)=O)CC3)cc1)C(=O)C2. The van der Waals surface area contributed by atoms with Gasteiger partial charge in [-0.3, -0.25) is 9.59 Å². The van der Waals surface area contributed by atoms with Crippen LogP contribution in [0.1, 0.15) is 68.8 Å². The third-order valence-electron chi connectivity index (χ3n) is 8.60. The first kappa shape index (κ1) is 29.9. The van der Waals surface area contributed by atoms with Crippen LogP contribution in [0.5, 0.6) is 11.5 Å². The zero-order chi connectivity index (χ0) is 30.2. The Morgan fingerprint density at radius 1 is 1.02 bits per heavy atom. The van der Waals surface area contributed by atoms with E-state index in [0.717, 1.165) is 40.8 Å². The average molecular weight is 591 g/mol. The highest BCUT2D eigenvalue weighted by atomic mass is 35.5. The van der Waals surface area contributed by atoms with Gasteiger partial charge in [-0.2, -0.15) is 0 Å². The summed E-state index contributed by atoms with van der Waals surface area (Å²) in [5.74, 6) is 1.28. The standard InChI is InChI=1S/C34H39ClN2O5/c1-21(2)42-31-20-29-24(18-30(31)41-5)19-32(39)37(33(29)23-6-10-27(35)11-7-23)28-12-8-25(9-13-28)34(4,40)26-14-16-36(17-15-26)22(3)38/h6-13,18,20-21,26,33,40H,14-17,19H2,1-5H3/t33-,34-/m0/s1. The Morgan fingerprint density at radius 3 is 2.24 bits per heavy atom. The molecule has 0 aromatic heterocycles. The van der Waals surface area contributed by atoms with Crippen molar-refractivity contribution in [3.8, 4) is 11.5 Å². The van der Waals surface area contributed by atoms with Crippen molar-refractivity contribution in [3.05, 3.63) is 87.9 Å². The van der Waals surface area contributed by atoms with Gasteiger partial charge in [-0.25, -0.2) is 0 Å². The van der Waals surface area contributed by atoms with E-state index >= 15 is 0 Å². The minimum Gasteiger partial charge on any atom is -0.493 e. The highest BCUT2D eigenvalue weighted by molar-refractivity contribution is 6.30. The Bertz CT molecular complexity index is 1440. The monoisotopic (exact) mass is 590 g/mol. The maximum atomic E-state index is 13.8. The maximum absolute atomic E-state index is 13.8. The van der Waals surface area contributed by atoms with Crippen LogP contribution in [0.2, 0.25) is 5.02 Å². The van der Waals surface area contributed by atoms with E-state index in [4.69, 9.17) is 21.1 Å². The van der Waals surface area contributed by atoms with Gasteiger partial charge in [0, 0.05) is 30.7 Å². The zero-order valence-electron chi connectivity index (χ0n) is 24.9. The predicted octanol–water partition coefficient (Wildman–Crippen LogP) is 6.28. The Kier molecular flexibility index (Phi) is 8.53. The lowest BCUT2D eigenvalue weighted by Gasteiger charge is -2.40. The molecule has 5 rings (SSSR count). The minimum atomic E-state index is -1.06. The number of likely N-dealkylation sites (tertiary alicyclic amines) is 1. The molecule has 0 spiro atoms. The molecule has 0 aliphatic carbocycles. The van der Waals surface area contributed by atoms with Crippen molar-refractivity contribution in [2.45, 2.75) is 64.7 Å². The third kappa shape index (κ3) is 5.86. The van der Waals surface area contributed by atoms with E-state index in [1.165, 1.54) is 0 Å². The molecule has 1 saturated heterocycles. The lowest BCUT2D eigenvalue weighted by atomic mass is 9.77. The molecule has 0 radical (unpaired) electrons. The lowest BCUT2D eigenvalue weighted by molar-refractivity contribution is -0.132. The number of aliphatic hydroxyl groups is 1. The quantitative estimate of drug-likeness (QED) is 0.350. The number of nitrogens with zero attached hydrogens (tertiary/aromatic N) is 2. The molecule has 7 nitrogen and oxygen atoms in total. The first-order valence-electron chi connectivity index (χ1n) is 14.5. The smallest absolute Gasteiger partial charge is 0.232 e. The van der Waals surface area contributed by atoms with Crippen molar-refractivity contribution < 1.29 is 24.2 Å². The van der Waals surface area contributed by atoms with Crippen molar-refractivity contribution in [2.75, 3.05) is 25.1 Å². The third-order valence-corrected chi connectivity index (χ3v) is 8.85. The van der Waals surface area contributed by atoms with Crippen molar-refractivity contribution in [1.82, 2.24) is 4.90 Å². The summed E-state index contributed by atoms with van der Waals surface area (Å²) >= 11 is 6.24. The molecule has 0 unspecified atom stereocenters. The van der Waals surface area contributed by atoms with E-state index in [2.05, 4.69) is 0 Å². The highest BCUT2D eigenvalue weighted by Gasteiger charge is 2.38. The Balaban J connectivity index is 1.52. The second kappa shape index (κ2) is 12.0. The number of methoxy groups -OCH3 is 1. The fourth-order valence-electron chi connectivity index (χ4n) is 6.28. The van der Waals surface area contributed by atoms with Crippen molar-refractivity contribution in [2.24, 2.45) is 5.92 Å². The Labute approximate surface area is 253 Å². The molecule has 222 valence electrons. The molecule has 42 heavy (non-hydrogen) atoms. The molecule has 8 heteroatoms. The van der Waals surface area contributed by atoms with Gasteiger partial charge in [0.25, 0.3) is 0 Å². The van der Waals surface area contributed by atoms with Gasteiger partial charge in [0.05, 0.1) is 31.3 Å². The predicted molar refractivity (Wildman–Crippen MR) is 164 cm³/mol. The van der Waals surface area contributed by atoms with Crippen LogP contribution in [0.15, 0.2) is 60.7 Å². The van der Waals surface area contributed by atoms with E-state index in [-0.39, 0.29) is 30.3 Å². The summed E-state index contributed by atoms with van der Waals surface area (Å²) in [6.07, 6.45) is 1.63. The van der Waals surface area contributed by atoms with Crippen LogP contribution >= 0.6 is 11.6 Å². The lowest BCUT2D eigenvalue weighted by Crippen LogP contribution is -2.43. The van der Waals surface area contributed by atoms with Crippen molar-refractivity contribution >= 4 is 29.1 Å². The molecule has 0 saturated carbocycles. The fraction of sp³-hybridized carbons (Fsp3) is 0.412. The van der Waals surface area contributed by atoms with E-state index in [1.807, 2.05) is 91.2 Å². The van der Waals surface area contributed by atoms with E-state index < -0.39 is 11.6 Å². The number of hydrogen-bond donors (Lipinski definition) is 1. The number of carbonyl (C=O) groups is 2. The molecule has 3 aromatic carbocycles. The first-order chi connectivity index (χ1) is 20.0. The molecule has 2 atom stereocenters. The summed E-state index contributed by atoms with van der Waals surface area (Å²) in [7, 11) is 1.60. The van der Waals surface area contributed by atoms with E-state index in [9.17, 15) is 14.7 Å². The fourth-order valence-corrected chi connectivity index (χ4v) is 6.41. The molecule has 3 aromatic rings. The normalized spacial score (nSPS) is 19.0. The average Bonchev–Trinajstić information content (AvgIpc) is 2.96. The Hall–Kier alpha value is -3.55. The van der Waals surface area contributed by atoms with Gasteiger partial charge in [-0.15, -0.1) is 0 Å². The molecule has 2 aliphatic heterocycles. The molecule has 2 amide bonds. The van der Waals surface area contributed by atoms with Gasteiger partial charge in [-0.1, -0.05) is 35.9 Å². The highest BCUT2D eigenvalue weighted by Crippen LogP contribution is 2.44. The topological polar surface area (TPSA) is 79.3 Å². The number of amides is 2. The van der Waals surface area contributed by atoms with Crippen LogP contribution < -0.4 is 14.4 Å². The molecule has 1 N–H and O–H groups in total. The van der Waals surface area contributed by atoms with Crippen molar-refractivity contribution in [1.29, 1.82) is 0 Å². The van der Waals surface area contributed by atoms with Crippen LogP contribution in [-0.2, 0) is 21.6 Å². The van der Waals surface area contributed by atoms with Crippen LogP contribution in [0.25, 0.3) is 0 Å². The number of benzene rings is 3. The number of ether oxygens (including phenoxy) is 2. The summed E-state index contributed by atoms with van der Waals surface area (Å²) in [5.41, 5.74) is 3.23. The van der Waals surface area contributed by atoms with Crippen LogP contribution in [0.4, 0.5) is 5.69 Å². The number of halogens is 1. The van der Waals surface area contributed by atoms with Gasteiger partial charge < -0.3 is 24.4 Å². The molecule has 0 bridgehead atoms. The number of carbonyl (C=O) groups excluding carboxylic acids is 2. The van der Waals surface area contributed by atoms with Crippen LogP contribution in [0.3, 0.4) is 0 Å². The number of anilines is 1. The summed E-state index contributed by atoms with van der Waals surface area (Å²) in [6, 6.07) is 18.7. The number of piperidine rings is 1. The van der Waals surface area contributed by atoms with E-state index in [0.29, 0.717) is 29.6 Å². The Morgan fingerprint density at radius 2 is 1.67 bits per heavy atom. The van der Waals surface area contributed by atoms with E-state index in [1.54, 1.807) is 14.0 Å². The number of hydrogen-bond acceptors (Lipinski definition) is 5. The number of rotatable bonds is 7. The first-order valence-corrected chi connectivity index (χ1v) is 14.9. The number of fused-ring (bicyclic) bond motifs is 1. The van der Waals surface area contributed by atoms with Gasteiger partial charge >= 0.3 is 0 Å². The van der Waals surface area contributed by atoms with Crippen LogP contribution in [-0.4, -0.2) is 48.1 Å². The summed E-state index contributed by atoms with van der Waals surface area (Å²) < 4.78 is 11.7. The van der Waals surface area contributed by atoms with Gasteiger partial charge in [0.1, 0.15) is 0 Å². The maximum Gasteiger partial charge on any atom is 0.232 e. The summed E-state index contributed by atoms with van der Waals surface area (Å²) in [6.45, 7) is 8.66. The molecular weight excluding hydrogens is 552 g/mol. The molecule has 2 heterocycles. The van der Waals surface area contributed by atoms with Gasteiger partial charge in [0.15, 0.2) is 11.5 Å².